The molecule has 1 aliphatic heterocycles. The van der Waals surface area contributed by atoms with Gasteiger partial charge in [-0.15, -0.1) is 0 Å². The smallest absolute Gasteiger partial charge is 0.225 e. The summed E-state index contributed by atoms with van der Waals surface area (Å²) in [6.07, 6.45) is 1.84. The van der Waals surface area contributed by atoms with Gasteiger partial charge in [0.15, 0.2) is 0 Å². The van der Waals surface area contributed by atoms with Crippen LogP contribution in [0.3, 0.4) is 0 Å². The quantitative estimate of drug-likeness (QED) is 0.603. The van der Waals surface area contributed by atoms with Gasteiger partial charge in [-0.25, -0.2) is 0 Å². The topological polar surface area (TPSA) is 38.3 Å². The van der Waals surface area contributed by atoms with E-state index in [1.807, 2.05) is 18.2 Å². The third-order valence-electron chi connectivity index (χ3n) is 3.27. The zero-order valence-corrected chi connectivity index (χ0v) is 10.2. The zero-order valence-electron chi connectivity index (χ0n) is 10.2. The Bertz CT molecular complexity index is 364. The Morgan fingerprint density at radius 2 is 2.06 bits per heavy atom. The van der Waals surface area contributed by atoms with Crippen molar-refractivity contribution in [3.63, 3.8) is 0 Å². The number of amides is 1. The molecule has 1 aromatic carbocycles. The minimum absolute atomic E-state index is 0.195. The molecule has 1 fully saturated rings. The second-order valence-corrected chi connectivity index (χ2v) is 4.46. The summed E-state index contributed by atoms with van der Waals surface area (Å²) in [4.78, 5) is 11.2. The molecule has 0 radical (unpaired) electrons. The van der Waals surface area contributed by atoms with E-state index in [4.69, 9.17) is 4.74 Å². The van der Waals surface area contributed by atoms with Gasteiger partial charge >= 0.3 is 0 Å². The molecule has 0 aliphatic carbocycles. The lowest BCUT2D eigenvalue weighted by molar-refractivity contribution is -0.135. The SMILES string of the molecule is CC[C@H]1C(=O)N[C@@H]1CCOCc1ccccc1. The Kier molecular flexibility index (Phi) is 4.15. The van der Waals surface area contributed by atoms with Crippen LogP contribution in [0.2, 0.25) is 0 Å². The van der Waals surface area contributed by atoms with Gasteiger partial charge in [0, 0.05) is 12.6 Å². The molecule has 0 spiro atoms. The molecule has 1 aromatic rings. The second-order valence-electron chi connectivity index (χ2n) is 4.46. The predicted octanol–water partition coefficient (Wildman–Crippen LogP) is 2.12. The lowest BCUT2D eigenvalue weighted by atomic mass is 9.86. The lowest BCUT2D eigenvalue weighted by Crippen LogP contribution is -2.58. The fourth-order valence-corrected chi connectivity index (χ4v) is 2.19. The first kappa shape index (κ1) is 12.1. The van der Waals surface area contributed by atoms with Crippen molar-refractivity contribution in [1.82, 2.24) is 5.32 Å². The van der Waals surface area contributed by atoms with Crippen LogP contribution < -0.4 is 5.32 Å². The third kappa shape index (κ3) is 3.07. The molecule has 17 heavy (non-hydrogen) atoms. The highest BCUT2D eigenvalue weighted by molar-refractivity contribution is 5.85. The molecular formula is C14H19NO2. The van der Waals surface area contributed by atoms with Crippen molar-refractivity contribution >= 4 is 5.91 Å². The van der Waals surface area contributed by atoms with Crippen LogP contribution in [0.4, 0.5) is 0 Å². The number of nitrogens with one attached hydrogen (secondary N) is 1. The average Bonchev–Trinajstić information content (AvgIpc) is 2.34. The summed E-state index contributed by atoms with van der Waals surface area (Å²) in [7, 11) is 0. The Balaban J connectivity index is 1.63. The van der Waals surface area contributed by atoms with Crippen LogP contribution >= 0.6 is 0 Å². The van der Waals surface area contributed by atoms with Gasteiger partial charge in [0.2, 0.25) is 5.91 Å². The molecule has 0 unspecified atom stereocenters. The first-order chi connectivity index (χ1) is 8.31. The van der Waals surface area contributed by atoms with Crippen molar-refractivity contribution < 1.29 is 9.53 Å². The van der Waals surface area contributed by atoms with Crippen molar-refractivity contribution in [3.05, 3.63) is 35.9 Å². The van der Waals surface area contributed by atoms with Gasteiger partial charge in [-0.1, -0.05) is 37.3 Å². The molecule has 2 atom stereocenters. The third-order valence-corrected chi connectivity index (χ3v) is 3.27. The van der Waals surface area contributed by atoms with Gasteiger partial charge in [-0.05, 0) is 18.4 Å². The molecule has 0 bridgehead atoms. The number of β-lactam (4-membered cyclic amide) rings is 1. The summed E-state index contributed by atoms with van der Waals surface area (Å²) in [5, 5.41) is 2.92. The Labute approximate surface area is 102 Å². The number of carbonyl (C=O) groups excluding carboxylic acids is 1. The average molecular weight is 233 g/mol. The van der Waals surface area contributed by atoms with Gasteiger partial charge in [-0.2, -0.15) is 0 Å². The fourth-order valence-electron chi connectivity index (χ4n) is 2.19. The first-order valence-corrected chi connectivity index (χ1v) is 6.23. The van der Waals surface area contributed by atoms with Gasteiger partial charge in [0.25, 0.3) is 0 Å². The molecule has 3 nitrogen and oxygen atoms in total. The zero-order chi connectivity index (χ0) is 12.1. The highest BCUT2D eigenvalue weighted by Crippen LogP contribution is 2.21. The Morgan fingerprint density at radius 1 is 1.29 bits per heavy atom. The molecular weight excluding hydrogens is 214 g/mol. The fraction of sp³-hybridized carbons (Fsp3) is 0.500. The van der Waals surface area contributed by atoms with E-state index in [-0.39, 0.29) is 11.8 Å². The summed E-state index contributed by atoms with van der Waals surface area (Å²) in [5.74, 6) is 0.399. The van der Waals surface area contributed by atoms with E-state index in [1.54, 1.807) is 0 Å². The summed E-state index contributed by atoms with van der Waals surface area (Å²) in [6.45, 7) is 3.41. The van der Waals surface area contributed by atoms with E-state index < -0.39 is 0 Å². The van der Waals surface area contributed by atoms with Crippen molar-refractivity contribution in [2.75, 3.05) is 6.61 Å². The first-order valence-electron chi connectivity index (χ1n) is 6.23. The molecule has 0 aromatic heterocycles. The normalized spacial score (nSPS) is 23.0. The van der Waals surface area contributed by atoms with Gasteiger partial charge in [-0.3, -0.25) is 4.79 Å². The minimum atomic E-state index is 0.195. The van der Waals surface area contributed by atoms with E-state index in [2.05, 4.69) is 24.4 Å². The van der Waals surface area contributed by atoms with E-state index in [0.717, 1.165) is 12.8 Å². The van der Waals surface area contributed by atoms with Crippen LogP contribution in [0.15, 0.2) is 30.3 Å². The Hall–Kier alpha value is -1.35. The number of ether oxygens (including phenoxy) is 1. The number of hydrogen-bond acceptors (Lipinski definition) is 2. The molecule has 92 valence electrons. The van der Waals surface area contributed by atoms with Crippen LogP contribution in [-0.4, -0.2) is 18.6 Å². The van der Waals surface area contributed by atoms with Gasteiger partial charge in [0.05, 0.1) is 12.5 Å². The van der Waals surface area contributed by atoms with E-state index >= 15 is 0 Å². The van der Waals surface area contributed by atoms with Gasteiger partial charge in [0.1, 0.15) is 0 Å². The van der Waals surface area contributed by atoms with E-state index in [0.29, 0.717) is 19.3 Å². The molecule has 1 heterocycles. The highest BCUT2D eigenvalue weighted by atomic mass is 16.5. The largest absolute Gasteiger partial charge is 0.377 e. The number of rotatable bonds is 6. The summed E-state index contributed by atoms with van der Waals surface area (Å²) in [5.41, 5.74) is 1.19. The Morgan fingerprint density at radius 3 is 2.71 bits per heavy atom. The maximum Gasteiger partial charge on any atom is 0.225 e. The molecule has 3 heteroatoms. The van der Waals surface area contributed by atoms with Crippen LogP contribution in [0, 0.1) is 5.92 Å². The maximum atomic E-state index is 11.2. The van der Waals surface area contributed by atoms with Crippen molar-refractivity contribution in [2.24, 2.45) is 5.92 Å². The van der Waals surface area contributed by atoms with Crippen molar-refractivity contribution in [2.45, 2.75) is 32.4 Å². The number of carbonyl (C=O) groups is 1. The molecule has 1 saturated heterocycles. The predicted molar refractivity (Wildman–Crippen MR) is 66.4 cm³/mol. The molecule has 2 rings (SSSR count). The standard InChI is InChI=1S/C14H19NO2/c1-2-12-13(15-14(12)16)8-9-17-10-11-6-4-3-5-7-11/h3-7,12-13H,2,8-10H2,1H3,(H,15,16)/t12-,13-/m1/s1. The lowest BCUT2D eigenvalue weighted by Gasteiger charge is -2.36. The molecule has 1 amide bonds. The van der Waals surface area contributed by atoms with Crippen LogP contribution in [0.25, 0.3) is 0 Å². The van der Waals surface area contributed by atoms with Gasteiger partial charge < -0.3 is 10.1 Å². The van der Waals surface area contributed by atoms with E-state index in [9.17, 15) is 4.79 Å². The van der Waals surface area contributed by atoms with Crippen LogP contribution in [0.5, 0.6) is 0 Å². The van der Waals surface area contributed by atoms with Crippen LogP contribution in [-0.2, 0) is 16.1 Å². The maximum absolute atomic E-state index is 11.2. The van der Waals surface area contributed by atoms with Crippen molar-refractivity contribution in [3.8, 4) is 0 Å². The highest BCUT2D eigenvalue weighted by Gasteiger charge is 2.36. The van der Waals surface area contributed by atoms with Crippen molar-refractivity contribution in [1.29, 1.82) is 0 Å². The number of benzene rings is 1. The monoisotopic (exact) mass is 233 g/mol. The molecule has 1 aliphatic rings. The minimum Gasteiger partial charge on any atom is -0.377 e. The summed E-state index contributed by atoms with van der Waals surface area (Å²) < 4.78 is 5.60. The second kappa shape index (κ2) is 5.82. The summed E-state index contributed by atoms with van der Waals surface area (Å²) in [6, 6.07) is 10.5. The van der Waals surface area contributed by atoms with E-state index in [1.165, 1.54) is 5.56 Å². The molecule has 0 saturated carbocycles. The van der Waals surface area contributed by atoms with Crippen LogP contribution in [0.1, 0.15) is 25.3 Å². The molecule has 1 N–H and O–H groups in total. The number of hydrogen-bond donors (Lipinski definition) is 1. The summed E-state index contributed by atoms with van der Waals surface area (Å²) >= 11 is 0.